The summed E-state index contributed by atoms with van der Waals surface area (Å²) in [5.74, 6) is 1.06. The normalized spacial score (nSPS) is 25.3. The lowest BCUT2D eigenvalue weighted by Gasteiger charge is -2.22. The summed E-state index contributed by atoms with van der Waals surface area (Å²) in [5, 5.41) is 13.3. The molecule has 4 N–H and O–H groups in total. The molecule has 1 heterocycles. The SMILES string of the molecule is Nc1ncnc(NC2CCCCCC2O)c1Br. The monoisotopic (exact) mass is 300 g/mol. The standard InChI is InChI=1S/C11H17BrN4O/c12-9-10(13)14-6-15-11(9)16-7-4-2-1-3-5-8(7)17/h6-8,17H,1-5H2,(H3,13,14,15,16). The van der Waals surface area contributed by atoms with Crippen molar-refractivity contribution >= 4 is 27.6 Å². The van der Waals surface area contributed by atoms with Crippen molar-refractivity contribution in [3.8, 4) is 0 Å². The number of hydrogen-bond donors (Lipinski definition) is 3. The molecule has 1 aliphatic carbocycles. The number of halogens is 1. The topological polar surface area (TPSA) is 84.1 Å². The molecular formula is C11H17BrN4O. The lowest BCUT2D eigenvalue weighted by atomic mass is 10.1. The predicted octanol–water partition coefficient (Wildman–Crippen LogP) is 1.93. The van der Waals surface area contributed by atoms with Crippen LogP contribution in [-0.4, -0.2) is 27.2 Å². The van der Waals surface area contributed by atoms with Crippen LogP contribution >= 0.6 is 15.9 Å². The van der Waals surface area contributed by atoms with Crippen LogP contribution < -0.4 is 11.1 Å². The van der Waals surface area contributed by atoms with Crippen molar-refractivity contribution in [3.05, 3.63) is 10.8 Å². The smallest absolute Gasteiger partial charge is 0.146 e. The Bertz CT molecular complexity index is 388. The average Bonchev–Trinajstić information content (AvgIpc) is 2.51. The van der Waals surface area contributed by atoms with Crippen LogP contribution in [0.5, 0.6) is 0 Å². The quantitative estimate of drug-likeness (QED) is 0.727. The Morgan fingerprint density at radius 2 is 2.06 bits per heavy atom. The molecule has 2 unspecified atom stereocenters. The summed E-state index contributed by atoms with van der Waals surface area (Å²) in [6.07, 6.45) is 6.31. The summed E-state index contributed by atoms with van der Waals surface area (Å²) >= 11 is 3.35. The molecule has 0 amide bonds. The van der Waals surface area contributed by atoms with Gasteiger partial charge in [0.15, 0.2) is 0 Å². The van der Waals surface area contributed by atoms with Crippen LogP contribution in [0.15, 0.2) is 10.8 Å². The average molecular weight is 301 g/mol. The molecule has 1 saturated carbocycles. The van der Waals surface area contributed by atoms with Crippen molar-refractivity contribution in [2.45, 2.75) is 44.2 Å². The fourth-order valence-electron chi connectivity index (χ4n) is 2.12. The van der Waals surface area contributed by atoms with Gasteiger partial charge >= 0.3 is 0 Å². The van der Waals surface area contributed by atoms with E-state index in [4.69, 9.17) is 5.73 Å². The molecule has 94 valence electrons. The molecule has 1 fully saturated rings. The summed E-state index contributed by atoms with van der Waals surface area (Å²) in [5.41, 5.74) is 5.69. The second-order valence-corrected chi connectivity index (χ2v) is 5.17. The second-order valence-electron chi connectivity index (χ2n) is 4.38. The van der Waals surface area contributed by atoms with E-state index in [9.17, 15) is 5.11 Å². The molecule has 1 aliphatic rings. The van der Waals surface area contributed by atoms with Gasteiger partial charge in [-0.3, -0.25) is 0 Å². The fourth-order valence-corrected chi connectivity index (χ4v) is 2.44. The fraction of sp³-hybridized carbons (Fsp3) is 0.636. The van der Waals surface area contributed by atoms with Gasteiger partial charge in [-0.25, -0.2) is 9.97 Å². The molecule has 0 aliphatic heterocycles. The Hall–Kier alpha value is -0.880. The van der Waals surface area contributed by atoms with Crippen molar-refractivity contribution in [2.24, 2.45) is 0 Å². The Balaban J connectivity index is 2.10. The van der Waals surface area contributed by atoms with Crippen LogP contribution in [0.1, 0.15) is 32.1 Å². The minimum atomic E-state index is -0.319. The van der Waals surface area contributed by atoms with Gasteiger partial charge in [0, 0.05) is 0 Å². The first-order valence-corrected chi connectivity index (χ1v) is 6.68. The van der Waals surface area contributed by atoms with Crippen LogP contribution in [0.25, 0.3) is 0 Å². The van der Waals surface area contributed by atoms with E-state index in [-0.39, 0.29) is 12.1 Å². The zero-order valence-electron chi connectivity index (χ0n) is 9.56. The predicted molar refractivity (Wildman–Crippen MR) is 70.6 cm³/mol. The zero-order valence-corrected chi connectivity index (χ0v) is 11.2. The molecule has 0 aromatic carbocycles. The summed E-state index contributed by atoms with van der Waals surface area (Å²) in [4.78, 5) is 8.03. The molecule has 0 bridgehead atoms. The van der Waals surface area contributed by atoms with Gasteiger partial charge in [0.1, 0.15) is 22.4 Å². The van der Waals surface area contributed by atoms with Crippen LogP contribution in [0.3, 0.4) is 0 Å². The van der Waals surface area contributed by atoms with E-state index in [0.717, 1.165) is 25.7 Å². The Labute approximate surface area is 109 Å². The molecule has 2 atom stereocenters. The van der Waals surface area contributed by atoms with Gasteiger partial charge in [0.2, 0.25) is 0 Å². The second kappa shape index (κ2) is 5.64. The van der Waals surface area contributed by atoms with Gasteiger partial charge in [-0.2, -0.15) is 0 Å². The number of aliphatic hydroxyl groups is 1. The van der Waals surface area contributed by atoms with E-state index >= 15 is 0 Å². The van der Waals surface area contributed by atoms with Crippen LogP contribution in [0.2, 0.25) is 0 Å². The molecule has 5 nitrogen and oxygen atoms in total. The molecule has 1 aromatic rings. The number of nitrogens with one attached hydrogen (secondary N) is 1. The zero-order chi connectivity index (χ0) is 12.3. The highest BCUT2D eigenvalue weighted by Crippen LogP contribution is 2.27. The number of anilines is 2. The maximum atomic E-state index is 10.0. The van der Waals surface area contributed by atoms with Gasteiger partial charge in [0.25, 0.3) is 0 Å². The number of nitrogens with two attached hydrogens (primary N) is 1. The summed E-state index contributed by atoms with van der Waals surface area (Å²) in [7, 11) is 0. The maximum absolute atomic E-state index is 10.0. The molecular weight excluding hydrogens is 284 g/mol. The minimum absolute atomic E-state index is 0.0445. The Morgan fingerprint density at radius 1 is 1.29 bits per heavy atom. The highest BCUT2D eigenvalue weighted by Gasteiger charge is 2.22. The van der Waals surface area contributed by atoms with Crippen molar-refractivity contribution in [1.29, 1.82) is 0 Å². The first kappa shape index (κ1) is 12.6. The number of aromatic nitrogens is 2. The molecule has 0 saturated heterocycles. The number of hydrogen-bond acceptors (Lipinski definition) is 5. The Morgan fingerprint density at radius 3 is 2.88 bits per heavy atom. The Kier molecular flexibility index (Phi) is 4.17. The van der Waals surface area contributed by atoms with Crippen LogP contribution in [0, 0.1) is 0 Å². The number of nitrogen functional groups attached to an aromatic ring is 1. The lowest BCUT2D eigenvalue weighted by molar-refractivity contribution is 0.144. The maximum Gasteiger partial charge on any atom is 0.146 e. The van der Waals surface area contributed by atoms with Crippen LogP contribution in [0.4, 0.5) is 11.6 Å². The van der Waals surface area contributed by atoms with Crippen molar-refractivity contribution < 1.29 is 5.11 Å². The highest BCUT2D eigenvalue weighted by molar-refractivity contribution is 9.10. The highest BCUT2D eigenvalue weighted by atomic mass is 79.9. The third-order valence-corrected chi connectivity index (χ3v) is 3.90. The van der Waals surface area contributed by atoms with E-state index in [1.165, 1.54) is 12.7 Å². The molecule has 0 radical (unpaired) electrons. The van der Waals surface area contributed by atoms with Gasteiger partial charge in [-0.15, -0.1) is 0 Å². The van der Waals surface area contributed by atoms with E-state index in [1.54, 1.807) is 0 Å². The first-order valence-electron chi connectivity index (χ1n) is 5.89. The molecule has 0 spiro atoms. The molecule has 1 aromatic heterocycles. The molecule has 17 heavy (non-hydrogen) atoms. The van der Waals surface area contributed by atoms with E-state index in [2.05, 4.69) is 31.2 Å². The van der Waals surface area contributed by atoms with Gasteiger partial charge in [-0.1, -0.05) is 19.3 Å². The van der Waals surface area contributed by atoms with E-state index < -0.39 is 0 Å². The number of aliphatic hydroxyl groups excluding tert-OH is 1. The van der Waals surface area contributed by atoms with Crippen molar-refractivity contribution in [1.82, 2.24) is 9.97 Å². The van der Waals surface area contributed by atoms with E-state index in [1.807, 2.05) is 0 Å². The van der Waals surface area contributed by atoms with Crippen LogP contribution in [-0.2, 0) is 0 Å². The minimum Gasteiger partial charge on any atom is -0.391 e. The van der Waals surface area contributed by atoms with Crippen molar-refractivity contribution in [3.63, 3.8) is 0 Å². The van der Waals surface area contributed by atoms with Crippen molar-refractivity contribution in [2.75, 3.05) is 11.1 Å². The number of nitrogens with zero attached hydrogens (tertiary/aromatic N) is 2. The van der Waals surface area contributed by atoms with Gasteiger partial charge in [-0.05, 0) is 28.8 Å². The third-order valence-electron chi connectivity index (χ3n) is 3.12. The van der Waals surface area contributed by atoms with Gasteiger partial charge < -0.3 is 16.2 Å². The summed E-state index contributed by atoms with van der Waals surface area (Å²) < 4.78 is 0.663. The summed E-state index contributed by atoms with van der Waals surface area (Å²) in [6.45, 7) is 0. The lowest BCUT2D eigenvalue weighted by Crippen LogP contribution is -2.33. The van der Waals surface area contributed by atoms with Gasteiger partial charge in [0.05, 0.1) is 12.1 Å². The molecule has 6 heteroatoms. The first-order chi connectivity index (χ1) is 8.18. The van der Waals surface area contributed by atoms with E-state index in [0.29, 0.717) is 16.1 Å². The largest absolute Gasteiger partial charge is 0.391 e. The third kappa shape index (κ3) is 3.07. The summed E-state index contributed by atoms with van der Waals surface area (Å²) in [6, 6.07) is 0.0445. The number of rotatable bonds is 2. The molecule has 2 rings (SSSR count).